The van der Waals surface area contributed by atoms with Crippen LogP contribution in [0.5, 0.6) is 0 Å². The fourth-order valence-electron chi connectivity index (χ4n) is 2.00. The van der Waals surface area contributed by atoms with E-state index in [-0.39, 0.29) is 11.5 Å². The summed E-state index contributed by atoms with van der Waals surface area (Å²) >= 11 is 0. The average Bonchev–Trinajstić information content (AvgIpc) is 2.82. The number of aryl methyl sites for hydroxylation is 1. The van der Waals surface area contributed by atoms with E-state index in [1.165, 1.54) is 6.07 Å². The number of aromatic nitrogens is 3. The minimum Gasteiger partial charge on any atom is -0.296 e. The first kappa shape index (κ1) is 13.4. The zero-order valence-corrected chi connectivity index (χ0v) is 10.8. The third-order valence-electron chi connectivity index (χ3n) is 2.98. The molecule has 1 aromatic carbocycles. The van der Waals surface area contributed by atoms with Crippen LogP contribution in [0.3, 0.4) is 0 Å². The molecular weight excluding hydrogens is 245 g/mol. The predicted octanol–water partition coefficient (Wildman–Crippen LogP) is 3.09. The SMILES string of the molecule is CCCCCn1nnc(C=O)c1-c1ccccc1F. The van der Waals surface area contributed by atoms with E-state index in [4.69, 9.17) is 0 Å². The molecule has 2 rings (SSSR count). The molecule has 0 spiro atoms. The van der Waals surface area contributed by atoms with Crippen LogP contribution in [-0.4, -0.2) is 21.3 Å². The molecule has 1 heterocycles. The zero-order chi connectivity index (χ0) is 13.7. The van der Waals surface area contributed by atoms with E-state index in [2.05, 4.69) is 17.2 Å². The summed E-state index contributed by atoms with van der Waals surface area (Å²) in [7, 11) is 0. The molecule has 0 aliphatic rings. The molecule has 0 aliphatic heterocycles. The molecule has 0 amide bonds. The molecule has 0 bridgehead atoms. The van der Waals surface area contributed by atoms with Crippen LogP contribution in [0.25, 0.3) is 11.3 Å². The Kier molecular flexibility index (Phi) is 4.39. The average molecular weight is 261 g/mol. The summed E-state index contributed by atoms with van der Waals surface area (Å²) in [6.07, 6.45) is 3.70. The van der Waals surface area contributed by atoms with Gasteiger partial charge in [0.15, 0.2) is 12.0 Å². The number of benzene rings is 1. The Bertz CT molecular complexity index is 566. The van der Waals surface area contributed by atoms with Gasteiger partial charge in [0.1, 0.15) is 11.5 Å². The van der Waals surface area contributed by atoms with Gasteiger partial charge in [-0.05, 0) is 18.6 Å². The highest BCUT2D eigenvalue weighted by atomic mass is 19.1. The minimum absolute atomic E-state index is 0.182. The molecule has 2 aromatic rings. The maximum atomic E-state index is 13.9. The smallest absolute Gasteiger partial charge is 0.172 e. The quantitative estimate of drug-likeness (QED) is 0.593. The van der Waals surface area contributed by atoms with E-state index in [1.54, 1.807) is 22.9 Å². The second-order valence-corrected chi connectivity index (χ2v) is 4.35. The van der Waals surface area contributed by atoms with E-state index in [0.29, 0.717) is 24.1 Å². The number of hydrogen-bond donors (Lipinski definition) is 0. The fraction of sp³-hybridized carbons (Fsp3) is 0.357. The lowest BCUT2D eigenvalue weighted by atomic mass is 10.1. The van der Waals surface area contributed by atoms with Gasteiger partial charge in [0.2, 0.25) is 0 Å². The third kappa shape index (κ3) is 2.86. The van der Waals surface area contributed by atoms with Gasteiger partial charge in [-0.25, -0.2) is 9.07 Å². The molecule has 0 N–H and O–H groups in total. The highest BCUT2D eigenvalue weighted by molar-refractivity contribution is 5.83. The molecule has 0 aliphatic carbocycles. The number of halogens is 1. The molecule has 1 aromatic heterocycles. The van der Waals surface area contributed by atoms with E-state index in [1.807, 2.05) is 0 Å². The van der Waals surface area contributed by atoms with Gasteiger partial charge >= 0.3 is 0 Å². The molecule has 0 fully saturated rings. The van der Waals surface area contributed by atoms with Crippen LogP contribution in [0.15, 0.2) is 24.3 Å². The van der Waals surface area contributed by atoms with Crippen LogP contribution in [0.2, 0.25) is 0 Å². The number of carbonyl (C=O) groups excluding carboxylic acids is 1. The number of aldehydes is 1. The number of rotatable bonds is 6. The number of hydrogen-bond acceptors (Lipinski definition) is 3. The Balaban J connectivity index is 2.39. The molecule has 0 saturated heterocycles. The standard InChI is InChI=1S/C14H16FN3O/c1-2-3-6-9-18-14(13(10-19)16-17-18)11-7-4-5-8-12(11)15/h4-5,7-8,10H,2-3,6,9H2,1H3. The molecule has 0 saturated carbocycles. The maximum Gasteiger partial charge on any atom is 0.172 e. The lowest BCUT2D eigenvalue weighted by Gasteiger charge is -2.07. The summed E-state index contributed by atoms with van der Waals surface area (Å²) in [6, 6.07) is 6.35. The van der Waals surface area contributed by atoms with Crippen molar-refractivity contribution in [1.82, 2.24) is 15.0 Å². The summed E-state index contributed by atoms with van der Waals surface area (Å²) < 4.78 is 15.5. The molecule has 0 unspecified atom stereocenters. The van der Waals surface area contributed by atoms with Gasteiger partial charge in [-0.2, -0.15) is 0 Å². The van der Waals surface area contributed by atoms with Crippen LogP contribution in [0, 0.1) is 5.82 Å². The van der Waals surface area contributed by atoms with Crippen molar-refractivity contribution in [1.29, 1.82) is 0 Å². The normalized spacial score (nSPS) is 10.6. The van der Waals surface area contributed by atoms with Crippen LogP contribution < -0.4 is 0 Å². The molecule has 5 heteroatoms. The van der Waals surface area contributed by atoms with Crippen molar-refractivity contribution in [2.45, 2.75) is 32.7 Å². The first-order valence-electron chi connectivity index (χ1n) is 6.41. The number of carbonyl (C=O) groups is 1. The molecular formula is C14H16FN3O. The number of nitrogens with zero attached hydrogens (tertiary/aromatic N) is 3. The highest BCUT2D eigenvalue weighted by Gasteiger charge is 2.17. The van der Waals surface area contributed by atoms with Gasteiger partial charge in [-0.3, -0.25) is 4.79 Å². The lowest BCUT2D eigenvalue weighted by Crippen LogP contribution is -2.04. The van der Waals surface area contributed by atoms with Crippen molar-refractivity contribution in [2.24, 2.45) is 0 Å². The van der Waals surface area contributed by atoms with E-state index >= 15 is 0 Å². The van der Waals surface area contributed by atoms with Crippen LogP contribution >= 0.6 is 0 Å². The van der Waals surface area contributed by atoms with Crippen LogP contribution in [-0.2, 0) is 6.54 Å². The van der Waals surface area contributed by atoms with Gasteiger partial charge in [0, 0.05) is 12.1 Å². The van der Waals surface area contributed by atoms with Crippen molar-refractivity contribution in [3.05, 3.63) is 35.8 Å². The van der Waals surface area contributed by atoms with E-state index < -0.39 is 0 Å². The zero-order valence-electron chi connectivity index (χ0n) is 10.8. The molecule has 19 heavy (non-hydrogen) atoms. The van der Waals surface area contributed by atoms with Crippen LogP contribution in [0.4, 0.5) is 4.39 Å². The van der Waals surface area contributed by atoms with Crippen molar-refractivity contribution < 1.29 is 9.18 Å². The Morgan fingerprint density at radius 1 is 1.32 bits per heavy atom. The van der Waals surface area contributed by atoms with Crippen molar-refractivity contribution in [2.75, 3.05) is 0 Å². The summed E-state index contributed by atoms with van der Waals surface area (Å²) in [6.45, 7) is 2.74. The first-order chi connectivity index (χ1) is 9.27. The maximum absolute atomic E-state index is 13.9. The Hall–Kier alpha value is -2.04. The second kappa shape index (κ2) is 6.22. The molecule has 4 nitrogen and oxygen atoms in total. The van der Waals surface area contributed by atoms with Crippen molar-refractivity contribution in [3.63, 3.8) is 0 Å². The van der Waals surface area contributed by atoms with E-state index in [0.717, 1.165) is 19.3 Å². The van der Waals surface area contributed by atoms with Gasteiger partial charge < -0.3 is 0 Å². The topological polar surface area (TPSA) is 47.8 Å². The number of unbranched alkanes of at least 4 members (excludes halogenated alkanes) is 2. The third-order valence-corrected chi connectivity index (χ3v) is 2.98. The second-order valence-electron chi connectivity index (χ2n) is 4.35. The first-order valence-corrected chi connectivity index (χ1v) is 6.41. The van der Waals surface area contributed by atoms with E-state index in [9.17, 15) is 9.18 Å². The monoisotopic (exact) mass is 261 g/mol. The highest BCUT2D eigenvalue weighted by Crippen LogP contribution is 2.24. The van der Waals surface area contributed by atoms with Gasteiger partial charge in [-0.15, -0.1) is 5.10 Å². The summed E-state index contributed by atoms with van der Waals surface area (Å²) in [5, 5.41) is 7.75. The summed E-state index contributed by atoms with van der Waals surface area (Å²) in [5.41, 5.74) is 1.01. The van der Waals surface area contributed by atoms with Crippen LogP contribution in [0.1, 0.15) is 36.7 Å². The largest absolute Gasteiger partial charge is 0.296 e. The predicted molar refractivity (Wildman–Crippen MR) is 70.3 cm³/mol. The van der Waals surface area contributed by atoms with Crippen molar-refractivity contribution in [3.8, 4) is 11.3 Å². The fourth-order valence-corrected chi connectivity index (χ4v) is 2.00. The molecule has 100 valence electrons. The summed E-state index contributed by atoms with van der Waals surface area (Å²) in [5.74, 6) is -0.371. The molecule has 0 atom stereocenters. The minimum atomic E-state index is -0.371. The van der Waals surface area contributed by atoms with Gasteiger partial charge in [-0.1, -0.05) is 37.1 Å². The lowest BCUT2D eigenvalue weighted by molar-refractivity contribution is 0.111. The van der Waals surface area contributed by atoms with Gasteiger partial charge in [0.05, 0.1) is 0 Å². The van der Waals surface area contributed by atoms with Gasteiger partial charge in [0.25, 0.3) is 0 Å². The Labute approximate surface area is 111 Å². The Morgan fingerprint density at radius 2 is 2.11 bits per heavy atom. The molecule has 0 radical (unpaired) electrons. The Morgan fingerprint density at radius 3 is 2.79 bits per heavy atom. The summed E-state index contributed by atoms with van der Waals surface area (Å²) in [4.78, 5) is 11.0. The van der Waals surface area contributed by atoms with Crippen molar-refractivity contribution >= 4 is 6.29 Å².